The molecule has 0 bridgehead atoms. The van der Waals surface area contributed by atoms with E-state index >= 15 is 0 Å². The SMILES string of the molecule is C[C@@H](NC(=O)c1ccc(COc2cncc(Cl)c2)nc1)C1CCCCC1. The second-order valence-electron chi connectivity index (χ2n) is 6.83. The van der Waals surface area contributed by atoms with Gasteiger partial charge in [-0.1, -0.05) is 30.9 Å². The third-order valence-electron chi connectivity index (χ3n) is 4.87. The van der Waals surface area contributed by atoms with Crippen molar-refractivity contribution in [3.8, 4) is 5.75 Å². The highest BCUT2D eigenvalue weighted by Crippen LogP contribution is 2.26. The largest absolute Gasteiger partial charge is 0.486 e. The van der Waals surface area contributed by atoms with Crippen LogP contribution in [0.15, 0.2) is 36.8 Å². The number of halogens is 1. The molecule has 6 heteroatoms. The van der Waals surface area contributed by atoms with Gasteiger partial charge in [0.15, 0.2) is 0 Å². The smallest absolute Gasteiger partial charge is 0.253 e. The van der Waals surface area contributed by atoms with Crippen LogP contribution in [0.5, 0.6) is 5.75 Å². The van der Waals surface area contributed by atoms with Gasteiger partial charge in [0.1, 0.15) is 12.4 Å². The minimum Gasteiger partial charge on any atom is -0.486 e. The van der Waals surface area contributed by atoms with Gasteiger partial charge in [0, 0.05) is 24.5 Å². The standard InChI is InChI=1S/C20H24ClN3O2/c1-14(15-5-3-2-4-6-15)24-20(25)16-7-8-18(23-10-16)13-26-19-9-17(21)11-22-12-19/h7-12,14-15H,2-6,13H2,1H3,(H,24,25)/t14-/m1/s1. The van der Waals surface area contributed by atoms with Crippen LogP contribution in [0.25, 0.3) is 0 Å². The highest BCUT2D eigenvalue weighted by atomic mass is 35.5. The second kappa shape index (κ2) is 8.99. The molecule has 1 aliphatic carbocycles. The molecule has 0 aromatic carbocycles. The molecule has 0 aliphatic heterocycles. The van der Waals surface area contributed by atoms with Gasteiger partial charge in [-0.2, -0.15) is 0 Å². The third-order valence-corrected chi connectivity index (χ3v) is 5.08. The summed E-state index contributed by atoms with van der Waals surface area (Å²) in [6, 6.07) is 5.48. The first-order chi connectivity index (χ1) is 12.6. The maximum atomic E-state index is 12.4. The predicted molar refractivity (Wildman–Crippen MR) is 101 cm³/mol. The normalized spacial score (nSPS) is 16.1. The zero-order valence-corrected chi connectivity index (χ0v) is 15.7. The number of hydrogen-bond acceptors (Lipinski definition) is 4. The molecule has 0 spiro atoms. The Balaban J connectivity index is 1.52. The van der Waals surface area contributed by atoms with Gasteiger partial charge >= 0.3 is 0 Å². The second-order valence-corrected chi connectivity index (χ2v) is 7.26. The Hall–Kier alpha value is -2.14. The molecular weight excluding hydrogens is 350 g/mol. The summed E-state index contributed by atoms with van der Waals surface area (Å²) in [4.78, 5) is 20.7. The van der Waals surface area contributed by atoms with Crippen molar-refractivity contribution in [3.05, 3.63) is 53.1 Å². The van der Waals surface area contributed by atoms with Gasteiger partial charge in [-0.15, -0.1) is 0 Å². The summed E-state index contributed by atoms with van der Waals surface area (Å²) >= 11 is 5.88. The van der Waals surface area contributed by atoms with Gasteiger partial charge in [-0.3, -0.25) is 14.8 Å². The van der Waals surface area contributed by atoms with Gasteiger partial charge in [0.25, 0.3) is 5.91 Å². The Kier molecular flexibility index (Phi) is 6.45. The van der Waals surface area contributed by atoms with E-state index in [0.29, 0.717) is 28.9 Å². The van der Waals surface area contributed by atoms with Crippen molar-refractivity contribution >= 4 is 17.5 Å². The summed E-state index contributed by atoms with van der Waals surface area (Å²) in [7, 11) is 0. The molecule has 2 aromatic rings. The van der Waals surface area contributed by atoms with Crippen LogP contribution < -0.4 is 10.1 Å². The fourth-order valence-electron chi connectivity index (χ4n) is 3.31. The highest BCUT2D eigenvalue weighted by molar-refractivity contribution is 6.30. The molecule has 138 valence electrons. The Bertz CT molecular complexity index is 730. The molecule has 1 atom stereocenters. The van der Waals surface area contributed by atoms with Crippen LogP contribution in [0.3, 0.4) is 0 Å². The fraction of sp³-hybridized carbons (Fsp3) is 0.450. The molecule has 2 heterocycles. The number of carbonyl (C=O) groups is 1. The molecule has 1 amide bonds. The van der Waals surface area contributed by atoms with E-state index in [1.165, 1.54) is 32.1 Å². The average Bonchev–Trinajstić information content (AvgIpc) is 2.67. The van der Waals surface area contributed by atoms with Crippen LogP contribution in [0.4, 0.5) is 0 Å². The van der Waals surface area contributed by atoms with Gasteiger partial charge in [0.2, 0.25) is 0 Å². The minimum atomic E-state index is -0.0675. The van der Waals surface area contributed by atoms with E-state index < -0.39 is 0 Å². The fourth-order valence-corrected chi connectivity index (χ4v) is 3.48. The van der Waals surface area contributed by atoms with Crippen LogP contribution >= 0.6 is 11.6 Å². The van der Waals surface area contributed by atoms with Crippen molar-refractivity contribution in [3.63, 3.8) is 0 Å². The highest BCUT2D eigenvalue weighted by Gasteiger charge is 2.21. The van der Waals surface area contributed by atoms with Crippen LogP contribution in [0, 0.1) is 5.92 Å². The number of ether oxygens (including phenoxy) is 1. The molecule has 0 radical (unpaired) electrons. The lowest BCUT2D eigenvalue weighted by Gasteiger charge is -2.28. The number of rotatable bonds is 6. The van der Waals surface area contributed by atoms with Crippen LogP contribution in [0.1, 0.15) is 55.1 Å². The summed E-state index contributed by atoms with van der Waals surface area (Å²) in [5.41, 5.74) is 1.31. The monoisotopic (exact) mass is 373 g/mol. The Morgan fingerprint density at radius 2 is 2.08 bits per heavy atom. The van der Waals surface area contributed by atoms with E-state index in [1.807, 2.05) is 0 Å². The first-order valence-corrected chi connectivity index (χ1v) is 9.49. The zero-order valence-electron chi connectivity index (χ0n) is 15.0. The van der Waals surface area contributed by atoms with Crippen molar-refractivity contribution in [2.24, 2.45) is 5.92 Å². The summed E-state index contributed by atoms with van der Waals surface area (Å²) in [6.45, 7) is 2.39. The van der Waals surface area contributed by atoms with Gasteiger partial charge < -0.3 is 10.1 Å². The topological polar surface area (TPSA) is 64.1 Å². The van der Waals surface area contributed by atoms with Crippen molar-refractivity contribution in [2.45, 2.75) is 51.7 Å². The molecule has 1 aliphatic rings. The number of aromatic nitrogens is 2. The summed E-state index contributed by atoms with van der Waals surface area (Å²) in [5.74, 6) is 1.10. The van der Waals surface area contributed by atoms with E-state index in [4.69, 9.17) is 16.3 Å². The van der Waals surface area contributed by atoms with Crippen molar-refractivity contribution in [1.29, 1.82) is 0 Å². The quantitative estimate of drug-likeness (QED) is 0.814. The van der Waals surface area contributed by atoms with Crippen LogP contribution in [-0.2, 0) is 6.61 Å². The summed E-state index contributed by atoms with van der Waals surface area (Å²) < 4.78 is 5.61. The molecule has 0 saturated heterocycles. The van der Waals surface area contributed by atoms with E-state index in [9.17, 15) is 4.79 Å². The van der Waals surface area contributed by atoms with Crippen molar-refractivity contribution in [1.82, 2.24) is 15.3 Å². The first-order valence-electron chi connectivity index (χ1n) is 9.11. The maximum absolute atomic E-state index is 12.4. The van der Waals surface area contributed by atoms with Crippen LogP contribution in [0.2, 0.25) is 5.02 Å². The number of nitrogens with zero attached hydrogens (tertiary/aromatic N) is 2. The first kappa shape index (κ1) is 18.6. The molecule has 2 aromatic heterocycles. The zero-order chi connectivity index (χ0) is 18.4. The molecule has 5 nitrogen and oxygen atoms in total. The van der Waals surface area contributed by atoms with Gasteiger partial charge in [-0.05, 0) is 37.8 Å². The lowest BCUT2D eigenvalue weighted by atomic mass is 9.84. The third kappa shape index (κ3) is 5.18. The average molecular weight is 374 g/mol. The molecular formula is C20H24ClN3O2. The van der Waals surface area contributed by atoms with Gasteiger partial charge in [-0.25, -0.2) is 0 Å². The van der Waals surface area contributed by atoms with E-state index in [0.717, 1.165) is 5.69 Å². The number of hydrogen-bond donors (Lipinski definition) is 1. The molecule has 1 N–H and O–H groups in total. The maximum Gasteiger partial charge on any atom is 0.253 e. The van der Waals surface area contributed by atoms with Crippen molar-refractivity contribution in [2.75, 3.05) is 0 Å². The molecule has 1 saturated carbocycles. The number of pyridine rings is 2. The number of carbonyl (C=O) groups excluding carboxylic acids is 1. The van der Waals surface area contributed by atoms with Gasteiger partial charge in [0.05, 0.1) is 22.5 Å². The molecule has 0 unspecified atom stereocenters. The van der Waals surface area contributed by atoms with E-state index in [-0.39, 0.29) is 11.9 Å². The van der Waals surface area contributed by atoms with E-state index in [1.54, 1.807) is 36.8 Å². The summed E-state index contributed by atoms with van der Waals surface area (Å²) in [5, 5.41) is 3.64. The molecule has 3 rings (SSSR count). The Labute approximate surface area is 159 Å². The Morgan fingerprint density at radius 3 is 2.77 bits per heavy atom. The number of nitrogens with one attached hydrogen (secondary N) is 1. The minimum absolute atomic E-state index is 0.0675. The van der Waals surface area contributed by atoms with Crippen LogP contribution in [-0.4, -0.2) is 21.9 Å². The lowest BCUT2D eigenvalue weighted by Crippen LogP contribution is -2.38. The lowest BCUT2D eigenvalue weighted by molar-refractivity contribution is 0.0919. The molecule has 1 fully saturated rings. The molecule has 26 heavy (non-hydrogen) atoms. The number of amides is 1. The van der Waals surface area contributed by atoms with E-state index in [2.05, 4.69) is 22.2 Å². The van der Waals surface area contributed by atoms with Crippen molar-refractivity contribution < 1.29 is 9.53 Å². The summed E-state index contributed by atoms with van der Waals surface area (Å²) in [6.07, 6.45) is 11.0. The Morgan fingerprint density at radius 1 is 1.27 bits per heavy atom. The predicted octanol–water partition coefficient (Wildman–Crippen LogP) is 4.41.